The van der Waals surface area contributed by atoms with E-state index in [1.807, 2.05) is 31.2 Å². The monoisotopic (exact) mass is 427 g/mol. The Labute approximate surface area is 179 Å². The maximum absolute atomic E-state index is 11.8. The summed E-state index contributed by atoms with van der Waals surface area (Å²) in [6.45, 7) is 3.73. The number of phenolic OH excluding ortho intramolecular Hbond substituents is 1. The molecule has 0 bridgehead atoms. The molecule has 2 N–H and O–H groups in total. The predicted molar refractivity (Wildman–Crippen MR) is 119 cm³/mol. The smallest absolute Gasteiger partial charge is 0.263 e. The first-order valence-electron chi connectivity index (χ1n) is 9.21. The fourth-order valence-corrected chi connectivity index (χ4v) is 4.08. The highest BCUT2D eigenvalue weighted by atomic mass is 32.2. The van der Waals surface area contributed by atoms with Gasteiger partial charge in [0, 0.05) is 5.56 Å². The molecule has 0 aromatic heterocycles. The van der Waals surface area contributed by atoms with Crippen molar-refractivity contribution in [2.45, 2.75) is 33.3 Å². The summed E-state index contributed by atoms with van der Waals surface area (Å²) in [5.74, 6) is 0.192. The molecule has 1 saturated heterocycles. The first-order valence-corrected chi connectivity index (χ1v) is 10.4. The van der Waals surface area contributed by atoms with Gasteiger partial charge in [0.15, 0.2) is 5.78 Å². The second-order valence-electron chi connectivity index (χ2n) is 6.63. The fourth-order valence-electron chi connectivity index (χ4n) is 3.03. The summed E-state index contributed by atoms with van der Waals surface area (Å²) in [4.78, 5) is 24.1. The van der Waals surface area contributed by atoms with Gasteiger partial charge >= 0.3 is 0 Å². The average Bonchev–Trinajstić information content (AvgIpc) is 2.99. The number of carbonyl (C=O) groups excluding carboxylic acids is 2. The highest BCUT2D eigenvalue weighted by Crippen LogP contribution is 2.33. The fraction of sp³-hybridized carbons (Fsp3) is 0.227. The van der Waals surface area contributed by atoms with Gasteiger partial charge < -0.3 is 15.2 Å². The van der Waals surface area contributed by atoms with Crippen LogP contribution in [0.25, 0.3) is 6.08 Å². The van der Waals surface area contributed by atoms with Crippen LogP contribution in [0.4, 0.5) is 0 Å². The zero-order chi connectivity index (χ0) is 21.0. The Hall–Kier alpha value is -2.64. The van der Waals surface area contributed by atoms with E-state index in [1.54, 1.807) is 18.2 Å². The number of nitrogens with one attached hydrogen (secondary N) is 1. The maximum Gasteiger partial charge on any atom is 0.263 e. The van der Waals surface area contributed by atoms with Crippen molar-refractivity contribution in [3.8, 4) is 11.5 Å². The molecule has 0 radical (unpaired) electrons. The predicted octanol–water partition coefficient (Wildman–Crippen LogP) is 4.62. The van der Waals surface area contributed by atoms with E-state index in [0.29, 0.717) is 39.1 Å². The lowest BCUT2D eigenvalue weighted by Gasteiger charge is -2.15. The minimum Gasteiger partial charge on any atom is -0.507 e. The van der Waals surface area contributed by atoms with Crippen LogP contribution in [0.5, 0.6) is 11.5 Å². The Morgan fingerprint density at radius 1 is 1.31 bits per heavy atom. The number of Topliss-reactive ketones (excluding diaryl/α,β-unsaturated/α-hetero) is 1. The number of thioether (sulfide) groups is 1. The summed E-state index contributed by atoms with van der Waals surface area (Å²) < 4.78 is 6.41. The molecule has 5 nitrogen and oxygen atoms in total. The van der Waals surface area contributed by atoms with Crippen LogP contribution >= 0.6 is 24.0 Å². The Morgan fingerprint density at radius 3 is 2.76 bits per heavy atom. The van der Waals surface area contributed by atoms with E-state index in [0.717, 1.165) is 17.5 Å². The third-order valence-corrected chi connectivity index (χ3v) is 5.57. The molecule has 1 amide bonds. The molecule has 3 rings (SSSR count). The van der Waals surface area contributed by atoms with Crippen LogP contribution in [-0.2, 0) is 17.8 Å². The Balaban J connectivity index is 1.79. The van der Waals surface area contributed by atoms with Crippen molar-refractivity contribution < 1.29 is 19.4 Å². The third-order valence-electron chi connectivity index (χ3n) is 4.40. The van der Waals surface area contributed by atoms with E-state index in [4.69, 9.17) is 17.0 Å². The van der Waals surface area contributed by atoms with Crippen LogP contribution in [0, 0.1) is 0 Å². The summed E-state index contributed by atoms with van der Waals surface area (Å²) in [6, 6.07) is 11.0. The maximum atomic E-state index is 11.8. The third kappa shape index (κ3) is 5.05. The van der Waals surface area contributed by atoms with Crippen LogP contribution in [0.1, 0.15) is 47.3 Å². The van der Waals surface area contributed by atoms with E-state index < -0.39 is 0 Å². The lowest BCUT2D eigenvalue weighted by atomic mass is 10.0. The van der Waals surface area contributed by atoms with Crippen LogP contribution in [0.15, 0.2) is 41.3 Å². The average molecular weight is 428 g/mol. The number of hydrogen-bond acceptors (Lipinski definition) is 6. The largest absolute Gasteiger partial charge is 0.507 e. The highest BCUT2D eigenvalue weighted by Gasteiger charge is 2.22. The number of carbonyl (C=O) groups is 2. The summed E-state index contributed by atoms with van der Waals surface area (Å²) in [5, 5.41) is 13.1. The van der Waals surface area contributed by atoms with Crippen LogP contribution in [0.3, 0.4) is 0 Å². The van der Waals surface area contributed by atoms with Gasteiger partial charge in [0.1, 0.15) is 22.4 Å². The molecule has 1 fully saturated rings. The number of ketones is 1. The van der Waals surface area contributed by atoms with E-state index >= 15 is 0 Å². The Morgan fingerprint density at radius 2 is 2.10 bits per heavy atom. The number of aromatic hydroxyl groups is 1. The number of thiocarbonyl (C=S) groups is 1. The van der Waals surface area contributed by atoms with Crippen molar-refractivity contribution in [2.75, 3.05) is 0 Å². The number of ether oxygens (including phenoxy) is 1. The summed E-state index contributed by atoms with van der Waals surface area (Å²) in [7, 11) is 0. The molecule has 150 valence electrons. The zero-order valence-electron chi connectivity index (χ0n) is 16.2. The summed E-state index contributed by atoms with van der Waals surface area (Å²) in [5.41, 5.74) is 2.74. The second kappa shape index (κ2) is 9.24. The quantitative estimate of drug-likeness (QED) is 0.382. The Bertz CT molecular complexity index is 1010. The number of amides is 1. The molecule has 0 unspecified atom stereocenters. The van der Waals surface area contributed by atoms with Gasteiger partial charge in [-0.15, -0.1) is 0 Å². The van der Waals surface area contributed by atoms with Crippen molar-refractivity contribution in [3.05, 3.63) is 63.6 Å². The Kier molecular flexibility index (Phi) is 6.71. The SMILES string of the molecule is CCCc1c(OCc2cccc(/C=C3/SC(=S)NC3=O)c2)ccc(C(C)=O)c1O. The molecule has 29 heavy (non-hydrogen) atoms. The second-order valence-corrected chi connectivity index (χ2v) is 8.35. The topological polar surface area (TPSA) is 75.6 Å². The lowest BCUT2D eigenvalue weighted by molar-refractivity contribution is -0.115. The molecule has 0 spiro atoms. The van der Waals surface area contributed by atoms with Gasteiger partial charge in [-0.05, 0) is 48.7 Å². The standard InChI is InChI=1S/C22H21NO4S2/c1-3-5-17-18(9-8-16(13(2)24)20(17)25)27-12-15-7-4-6-14(10-15)11-19-21(26)23-22(28)29-19/h4,6-11,25H,3,5,12H2,1-2H3,(H,23,26,28)/b19-11+. The van der Waals surface area contributed by atoms with Crippen LogP contribution in [0.2, 0.25) is 0 Å². The van der Waals surface area contributed by atoms with Gasteiger partial charge in [0.25, 0.3) is 5.91 Å². The van der Waals surface area contributed by atoms with Crippen LogP contribution < -0.4 is 10.1 Å². The molecular formula is C22H21NO4S2. The molecule has 0 aliphatic carbocycles. The van der Waals surface area contributed by atoms with Gasteiger partial charge in [0.2, 0.25) is 0 Å². The molecule has 1 aliphatic rings. The zero-order valence-corrected chi connectivity index (χ0v) is 17.8. The molecule has 2 aromatic carbocycles. The first-order chi connectivity index (χ1) is 13.9. The highest BCUT2D eigenvalue weighted by molar-refractivity contribution is 8.26. The van der Waals surface area contributed by atoms with Crippen molar-refractivity contribution in [1.29, 1.82) is 0 Å². The van der Waals surface area contributed by atoms with Gasteiger partial charge in [0.05, 0.1) is 10.5 Å². The number of benzene rings is 2. The number of rotatable bonds is 7. The molecular weight excluding hydrogens is 406 g/mol. The summed E-state index contributed by atoms with van der Waals surface area (Å²) in [6.07, 6.45) is 3.22. The van der Waals surface area contributed by atoms with E-state index in [-0.39, 0.29) is 17.4 Å². The minimum absolute atomic E-state index is 0.00410. The minimum atomic E-state index is -0.188. The van der Waals surface area contributed by atoms with E-state index in [2.05, 4.69) is 5.32 Å². The van der Waals surface area contributed by atoms with Crippen molar-refractivity contribution >= 4 is 46.1 Å². The molecule has 7 heteroatoms. The first kappa shape index (κ1) is 21.1. The van der Waals surface area contributed by atoms with Crippen molar-refractivity contribution in [2.24, 2.45) is 0 Å². The van der Waals surface area contributed by atoms with Gasteiger partial charge in [-0.3, -0.25) is 9.59 Å². The molecule has 0 atom stereocenters. The molecule has 0 saturated carbocycles. The van der Waals surface area contributed by atoms with Gasteiger partial charge in [-0.1, -0.05) is 55.5 Å². The van der Waals surface area contributed by atoms with E-state index in [1.165, 1.54) is 18.7 Å². The van der Waals surface area contributed by atoms with Crippen molar-refractivity contribution in [3.63, 3.8) is 0 Å². The molecule has 1 heterocycles. The van der Waals surface area contributed by atoms with Gasteiger partial charge in [-0.2, -0.15) is 0 Å². The lowest BCUT2D eigenvalue weighted by Crippen LogP contribution is -2.17. The summed E-state index contributed by atoms with van der Waals surface area (Å²) >= 11 is 6.25. The van der Waals surface area contributed by atoms with E-state index in [9.17, 15) is 14.7 Å². The van der Waals surface area contributed by atoms with Crippen LogP contribution in [-0.4, -0.2) is 21.1 Å². The molecule has 2 aromatic rings. The normalized spacial score (nSPS) is 14.9. The number of hydrogen-bond donors (Lipinski definition) is 2. The molecule has 1 aliphatic heterocycles. The number of phenols is 1. The van der Waals surface area contributed by atoms with Gasteiger partial charge in [-0.25, -0.2) is 0 Å². The van der Waals surface area contributed by atoms with Crippen molar-refractivity contribution in [1.82, 2.24) is 5.32 Å².